The molecule has 3 amide bonds. The second-order valence-electron chi connectivity index (χ2n) is 6.53. The molecule has 29 heavy (non-hydrogen) atoms. The van der Waals surface area contributed by atoms with Gasteiger partial charge in [0, 0.05) is 0 Å². The van der Waals surface area contributed by atoms with Crippen LogP contribution in [0.3, 0.4) is 0 Å². The van der Waals surface area contributed by atoms with Crippen LogP contribution in [0.25, 0.3) is 0 Å². The van der Waals surface area contributed by atoms with Gasteiger partial charge in [0.15, 0.2) is 0 Å². The molecule has 0 aliphatic heterocycles. The SMILES string of the molecule is CCC(C)C(N)C(=O)NCC(=O)NC(CCSC)C(=O)NC(CC(=O)O)C(=O)O. The lowest BCUT2D eigenvalue weighted by Crippen LogP contribution is -2.54. The summed E-state index contributed by atoms with van der Waals surface area (Å²) in [5.74, 6) is -4.43. The zero-order valence-electron chi connectivity index (χ0n) is 16.8. The maximum absolute atomic E-state index is 12.4. The number of nitrogens with one attached hydrogen (secondary N) is 3. The number of carboxylic acids is 2. The molecule has 0 saturated heterocycles. The number of thioether (sulfide) groups is 1. The first kappa shape index (κ1) is 26.7. The van der Waals surface area contributed by atoms with Crippen molar-refractivity contribution in [2.75, 3.05) is 18.6 Å². The molecule has 11 nitrogen and oxygen atoms in total. The summed E-state index contributed by atoms with van der Waals surface area (Å²) in [6.45, 7) is 3.29. The Morgan fingerprint density at radius 3 is 2.14 bits per heavy atom. The van der Waals surface area contributed by atoms with Crippen molar-refractivity contribution < 1.29 is 34.2 Å². The van der Waals surface area contributed by atoms with Crippen molar-refractivity contribution in [3.05, 3.63) is 0 Å². The van der Waals surface area contributed by atoms with Gasteiger partial charge in [-0.1, -0.05) is 20.3 Å². The van der Waals surface area contributed by atoms with Crippen LogP contribution in [0, 0.1) is 5.92 Å². The highest BCUT2D eigenvalue weighted by Gasteiger charge is 2.28. The Bertz CT molecular complexity index is 602. The van der Waals surface area contributed by atoms with E-state index < -0.39 is 60.8 Å². The highest BCUT2D eigenvalue weighted by Crippen LogP contribution is 2.05. The molecule has 7 N–H and O–H groups in total. The molecule has 4 unspecified atom stereocenters. The summed E-state index contributed by atoms with van der Waals surface area (Å²) < 4.78 is 0. The lowest BCUT2D eigenvalue weighted by molar-refractivity contribution is -0.147. The molecule has 0 aliphatic carbocycles. The number of carbonyl (C=O) groups excluding carboxylic acids is 3. The molecule has 0 saturated carbocycles. The zero-order chi connectivity index (χ0) is 22.6. The minimum absolute atomic E-state index is 0.0691. The van der Waals surface area contributed by atoms with Crippen LogP contribution in [-0.2, 0) is 24.0 Å². The summed E-state index contributed by atoms with van der Waals surface area (Å²) in [6, 6.07) is -3.47. The summed E-state index contributed by atoms with van der Waals surface area (Å²) in [7, 11) is 0. The van der Waals surface area contributed by atoms with Crippen LogP contribution >= 0.6 is 11.8 Å². The standard InChI is InChI=1S/C17H30N4O7S/c1-4-9(2)14(18)16(26)19-8-12(22)20-10(5-6-29-3)15(25)21-11(17(27)28)7-13(23)24/h9-11,14H,4-8,18H2,1-3H3,(H,19,26)(H,20,22)(H,21,25)(H,23,24)(H,27,28). The normalized spacial score (nSPS) is 14.8. The molecule has 0 radical (unpaired) electrons. The molecule has 0 heterocycles. The fourth-order valence-corrected chi connectivity index (χ4v) is 2.67. The molecule has 0 aliphatic rings. The fourth-order valence-electron chi connectivity index (χ4n) is 2.19. The Kier molecular flexibility index (Phi) is 12.7. The highest BCUT2D eigenvalue weighted by molar-refractivity contribution is 7.98. The molecular formula is C17H30N4O7S. The van der Waals surface area contributed by atoms with Crippen molar-refractivity contribution in [1.82, 2.24) is 16.0 Å². The third-order valence-electron chi connectivity index (χ3n) is 4.24. The Hall–Kier alpha value is -2.34. The van der Waals surface area contributed by atoms with Crippen LogP contribution in [0.2, 0.25) is 0 Å². The van der Waals surface area contributed by atoms with E-state index >= 15 is 0 Å². The molecular weight excluding hydrogens is 404 g/mol. The number of carbonyl (C=O) groups is 5. The quantitative estimate of drug-likeness (QED) is 0.194. The molecule has 0 aromatic carbocycles. The lowest BCUT2D eigenvalue weighted by Gasteiger charge is -2.21. The van der Waals surface area contributed by atoms with Crippen LogP contribution < -0.4 is 21.7 Å². The highest BCUT2D eigenvalue weighted by atomic mass is 32.2. The van der Waals surface area contributed by atoms with Gasteiger partial charge in [0.2, 0.25) is 17.7 Å². The number of carboxylic acid groups (broad SMARTS) is 2. The van der Waals surface area contributed by atoms with Crippen LogP contribution in [0.5, 0.6) is 0 Å². The van der Waals surface area contributed by atoms with E-state index in [9.17, 15) is 24.0 Å². The van der Waals surface area contributed by atoms with Gasteiger partial charge < -0.3 is 31.9 Å². The molecule has 0 fully saturated rings. The van der Waals surface area contributed by atoms with Crippen LogP contribution in [0.4, 0.5) is 0 Å². The predicted octanol–water partition coefficient (Wildman–Crippen LogP) is -1.24. The summed E-state index contributed by atoms with van der Waals surface area (Å²) >= 11 is 1.41. The van der Waals surface area contributed by atoms with E-state index in [0.29, 0.717) is 12.2 Å². The van der Waals surface area contributed by atoms with Gasteiger partial charge in [-0.05, 0) is 24.3 Å². The van der Waals surface area contributed by atoms with Crippen LogP contribution in [0.1, 0.15) is 33.1 Å². The number of hydrogen-bond acceptors (Lipinski definition) is 7. The fraction of sp³-hybridized carbons (Fsp3) is 0.706. The third kappa shape index (κ3) is 10.7. The molecule has 12 heteroatoms. The van der Waals surface area contributed by atoms with Gasteiger partial charge in [-0.3, -0.25) is 19.2 Å². The maximum Gasteiger partial charge on any atom is 0.326 e. The van der Waals surface area contributed by atoms with Crippen molar-refractivity contribution >= 4 is 41.4 Å². The Labute approximate surface area is 173 Å². The largest absolute Gasteiger partial charge is 0.481 e. The Balaban J connectivity index is 4.89. The maximum atomic E-state index is 12.4. The van der Waals surface area contributed by atoms with Gasteiger partial charge in [0.05, 0.1) is 19.0 Å². The first-order valence-corrected chi connectivity index (χ1v) is 10.5. The van der Waals surface area contributed by atoms with Gasteiger partial charge in [-0.2, -0.15) is 11.8 Å². The van der Waals surface area contributed by atoms with Gasteiger partial charge in [-0.15, -0.1) is 0 Å². The smallest absolute Gasteiger partial charge is 0.326 e. The van der Waals surface area contributed by atoms with E-state index in [1.807, 2.05) is 13.8 Å². The molecule has 4 atom stereocenters. The zero-order valence-corrected chi connectivity index (χ0v) is 17.6. The van der Waals surface area contributed by atoms with Gasteiger partial charge in [-0.25, -0.2) is 4.79 Å². The van der Waals surface area contributed by atoms with E-state index in [1.54, 1.807) is 6.26 Å². The van der Waals surface area contributed by atoms with E-state index in [1.165, 1.54) is 11.8 Å². The van der Waals surface area contributed by atoms with Crippen LogP contribution in [-0.4, -0.2) is 76.6 Å². The van der Waals surface area contributed by atoms with E-state index in [2.05, 4.69) is 16.0 Å². The third-order valence-corrected chi connectivity index (χ3v) is 4.88. The van der Waals surface area contributed by atoms with E-state index in [4.69, 9.17) is 15.9 Å². The Morgan fingerprint density at radius 1 is 1.03 bits per heavy atom. The first-order chi connectivity index (χ1) is 13.5. The number of rotatable bonds is 14. The Morgan fingerprint density at radius 2 is 1.66 bits per heavy atom. The van der Waals surface area contributed by atoms with Crippen molar-refractivity contribution in [1.29, 1.82) is 0 Å². The summed E-state index contributed by atoms with van der Waals surface area (Å²) in [4.78, 5) is 58.3. The average molecular weight is 435 g/mol. The monoisotopic (exact) mass is 434 g/mol. The second kappa shape index (κ2) is 13.8. The molecule has 166 valence electrons. The van der Waals surface area contributed by atoms with Gasteiger partial charge >= 0.3 is 11.9 Å². The van der Waals surface area contributed by atoms with Crippen LogP contribution in [0.15, 0.2) is 0 Å². The topological polar surface area (TPSA) is 188 Å². The minimum atomic E-state index is -1.62. The van der Waals surface area contributed by atoms with Crippen molar-refractivity contribution in [2.24, 2.45) is 11.7 Å². The van der Waals surface area contributed by atoms with Gasteiger partial charge in [0.1, 0.15) is 12.1 Å². The minimum Gasteiger partial charge on any atom is -0.481 e. The van der Waals surface area contributed by atoms with E-state index in [0.717, 1.165) is 0 Å². The number of aliphatic carboxylic acids is 2. The number of nitrogens with two attached hydrogens (primary N) is 1. The molecule has 0 aromatic heterocycles. The second-order valence-corrected chi connectivity index (χ2v) is 7.51. The number of amides is 3. The van der Waals surface area contributed by atoms with Crippen molar-refractivity contribution in [3.63, 3.8) is 0 Å². The lowest BCUT2D eigenvalue weighted by atomic mass is 9.99. The molecule has 0 aromatic rings. The summed E-state index contributed by atoms with van der Waals surface area (Å²) in [5.41, 5.74) is 5.78. The summed E-state index contributed by atoms with van der Waals surface area (Å²) in [5, 5.41) is 24.7. The van der Waals surface area contributed by atoms with E-state index in [-0.39, 0.29) is 12.3 Å². The summed E-state index contributed by atoms with van der Waals surface area (Å²) in [6.07, 6.45) is 1.88. The van der Waals surface area contributed by atoms with Crippen molar-refractivity contribution in [3.8, 4) is 0 Å². The molecule has 0 spiro atoms. The van der Waals surface area contributed by atoms with Gasteiger partial charge in [0.25, 0.3) is 0 Å². The van der Waals surface area contributed by atoms with Crippen molar-refractivity contribution in [2.45, 2.75) is 51.2 Å². The predicted molar refractivity (Wildman–Crippen MR) is 107 cm³/mol. The first-order valence-electron chi connectivity index (χ1n) is 9.09. The number of hydrogen-bond donors (Lipinski definition) is 6. The molecule has 0 rings (SSSR count). The average Bonchev–Trinajstić information content (AvgIpc) is 2.66. The molecule has 0 bridgehead atoms.